The number of methoxy groups -OCH3 is 1. The molecular weight excluding hydrogens is 428 g/mol. The molecule has 9 heteroatoms. The van der Waals surface area contributed by atoms with Gasteiger partial charge in [-0.15, -0.1) is 0 Å². The summed E-state index contributed by atoms with van der Waals surface area (Å²) in [5, 5.41) is 13.1. The number of likely N-dealkylation sites (N-methyl/N-ethyl adjacent to an activating group) is 1. The van der Waals surface area contributed by atoms with Crippen LogP contribution in [-0.4, -0.2) is 52.4 Å². The standard InChI is InChI=1S/C25H28N8O/c1-6-20-23-24(33-13-19(34-5)10-22(33)16(3)31(23)4)30-25(29-20)28-18-7-8-21(17(9-18)11-26)32-12-15(2)27-14-32/h7-9,12,14,19,22H,3,6,10,13H2,1-2,4-5H3,(H,28,29,30). The van der Waals surface area contributed by atoms with Gasteiger partial charge in [0.05, 0.1) is 41.1 Å². The highest BCUT2D eigenvalue weighted by Crippen LogP contribution is 2.44. The first-order valence-corrected chi connectivity index (χ1v) is 11.4. The second-order valence-corrected chi connectivity index (χ2v) is 8.72. The number of hydrogen-bond donors (Lipinski definition) is 1. The number of benzene rings is 1. The molecular formula is C25H28N8O. The SMILES string of the molecule is C=C1C2CC(OC)CN2c2nc(Nc3ccc(-n4cnc(C)c4)c(C#N)c3)nc(CC)c2N1C. The molecule has 174 valence electrons. The molecule has 2 aromatic heterocycles. The van der Waals surface area contributed by atoms with E-state index in [1.54, 1.807) is 13.4 Å². The van der Waals surface area contributed by atoms with E-state index in [-0.39, 0.29) is 12.1 Å². The zero-order valence-electron chi connectivity index (χ0n) is 19.9. The molecule has 3 aromatic rings. The lowest BCUT2D eigenvalue weighted by molar-refractivity contribution is 0.119. The summed E-state index contributed by atoms with van der Waals surface area (Å²) in [6, 6.07) is 8.07. The maximum absolute atomic E-state index is 9.75. The van der Waals surface area contributed by atoms with Crippen LogP contribution >= 0.6 is 0 Å². The molecule has 2 atom stereocenters. The van der Waals surface area contributed by atoms with Crippen molar-refractivity contribution in [3.8, 4) is 11.8 Å². The van der Waals surface area contributed by atoms with Crippen LogP contribution in [0.25, 0.3) is 5.69 Å². The Balaban J connectivity index is 1.52. The normalized spacial score (nSPS) is 19.1. The lowest BCUT2D eigenvalue weighted by Crippen LogP contribution is -2.43. The number of nitrogens with zero attached hydrogens (tertiary/aromatic N) is 7. The second kappa shape index (κ2) is 8.47. The second-order valence-electron chi connectivity index (χ2n) is 8.72. The molecule has 4 heterocycles. The average Bonchev–Trinajstić information content (AvgIpc) is 3.48. The van der Waals surface area contributed by atoms with Gasteiger partial charge in [0, 0.05) is 44.7 Å². The van der Waals surface area contributed by atoms with Crippen LogP contribution in [0.5, 0.6) is 0 Å². The number of fused-ring (bicyclic) bond motifs is 3. The molecule has 0 saturated carbocycles. The van der Waals surface area contributed by atoms with Crippen LogP contribution in [0, 0.1) is 18.3 Å². The van der Waals surface area contributed by atoms with Crippen molar-refractivity contribution in [2.45, 2.75) is 38.8 Å². The van der Waals surface area contributed by atoms with Gasteiger partial charge in [-0.1, -0.05) is 13.5 Å². The summed E-state index contributed by atoms with van der Waals surface area (Å²) in [4.78, 5) is 18.4. The summed E-state index contributed by atoms with van der Waals surface area (Å²) in [5.41, 5.74) is 5.94. The fraction of sp³-hybridized carbons (Fsp3) is 0.360. The maximum atomic E-state index is 9.75. The van der Waals surface area contributed by atoms with Crippen LogP contribution in [0.1, 0.15) is 30.3 Å². The Bertz CT molecular complexity index is 1310. The Kier molecular flexibility index (Phi) is 5.46. The minimum absolute atomic E-state index is 0.134. The molecule has 5 rings (SSSR count). The predicted octanol–water partition coefficient (Wildman–Crippen LogP) is 3.71. The summed E-state index contributed by atoms with van der Waals surface area (Å²) in [5.74, 6) is 1.39. The Hall–Kier alpha value is -3.90. The van der Waals surface area contributed by atoms with Gasteiger partial charge in [0.25, 0.3) is 0 Å². The number of aryl methyl sites for hydroxylation is 2. The summed E-state index contributed by atoms with van der Waals surface area (Å²) in [6.07, 6.45) is 5.38. The zero-order chi connectivity index (χ0) is 24.0. The molecule has 0 bridgehead atoms. The first-order valence-electron chi connectivity index (χ1n) is 11.4. The Morgan fingerprint density at radius 2 is 2.15 bits per heavy atom. The maximum Gasteiger partial charge on any atom is 0.229 e. The van der Waals surface area contributed by atoms with Crippen LogP contribution < -0.4 is 15.1 Å². The fourth-order valence-electron chi connectivity index (χ4n) is 4.83. The van der Waals surface area contributed by atoms with E-state index in [9.17, 15) is 5.26 Å². The summed E-state index contributed by atoms with van der Waals surface area (Å²) in [6.45, 7) is 9.12. The van der Waals surface area contributed by atoms with E-state index in [2.05, 4.69) is 39.7 Å². The van der Waals surface area contributed by atoms with Crippen LogP contribution in [0.3, 0.4) is 0 Å². The molecule has 0 amide bonds. The number of rotatable bonds is 5. The molecule has 1 N–H and O–H groups in total. The van der Waals surface area contributed by atoms with Crippen molar-refractivity contribution < 1.29 is 4.74 Å². The number of anilines is 4. The van der Waals surface area contributed by atoms with Gasteiger partial charge in [-0.05, 0) is 31.5 Å². The van der Waals surface area contributed by atoms with Crippen molar-refractivity contribution in [1.82, 2.24) is 19.5 Å². The van der Waals surface area contributed by atoms with Gasteiger partial charge >= 0.3 is 0 Å². The quantitative estimate of drug-likeness (QED) is 0.621. The number of nitrogens with one attached hydrogen (secondary N) is 1. The van der Waals surface area contributed by atoms with Crippen molar-refractivity contribution in [2.24, 2.45) is 0 Å². The lowest BCUT2D eigenvalue weighted by atomic mass is 10.1. The summed E-state index contributed by atoms with van der Waals surface area (Å²) < 4.78 is 7.51. The molecule has 1 fully saturated rings. The first kappa shape index (κ1) is 21.9. The zero-order valence-corrected chi connectivity index (χ0v) is 19.9. The number of ether oxygens (including phenoxy) is 1. The van der Waals surface area contributed by atoms with Crippen LogP contribution in [0.2, 0.25) is 0 Å². The van der Waals surface area contributed by atoms with Gasteiger partial charge in [-0.25, -0.2) is 9.97 Å². The fourth-order valence-corrected chi connectivity index (χ4v) is 4.83. The van der Waals surface area contributed by atoms with Crippen LogP contribution in [-0.2, 0) is 11.2 Å². The topological polar surface area (TPSA) is 95.1 Å². The molecule has 1 aromatic carbocycles. The molecule has 9 nitrogen and oxygen atoms in total. The third kappa shape index (κ3) is 3.56. The minimum Gasteiger partial charge on any atom is -0.380 e. The predicted molar refractivity (Wildman–Crippen MR) is 132 cm³/mol. The molecule has 2 aliphatic rings. The smallest absolute Gasteiger partial charge is 0.229 e. The number of aromatic nitrogens is 4. The molecule has 0 spiro atoms. The molecule has 1 saturated heterocycles. The van der Waals surface area contributed by atoms with E-state index < -0.39 is 0 Å². The van der Waals surface area contributed by atoms with Gasteiger partial charge in [-0.3, -0.25) is 0 Å². The number of nitriles is 1. The van der Waals surface area contributed by atoms with E-state index in [0.717, 1.165) is 59.4 Å². The summed E-state index contributed by atoms with van der Waals surface area (Å²) >= 11 is 0. The summed E-state index contributed by atoms with van der Waals surface area (Å²) in [7, 11) is 3.78. The molecule has 0 aliphatic carbocycles. The van der Waals surface area contributed by atoms with Crippen molar-refractivity contribution >= 4 is 23.1 Å². The van der Waals surface area contributed by atoms with E-state index >= 15 is 0 Å². The highest BCUT2D eigenvalue weighted by molar-refractivity contribution is 5.78. The highest BCUT2D eigenvalue weighted by atomic mass is 16.5. The van der Waals surface area contributed by atoms with Crippen molar-refractivity contribution in [3.63, 3.8) is 0 Å². The van der Waals surface area contributed by atoms with E-state index in [1.165, 1.54) is 0 Å². The van der Waals surface area contributed by atoms with Gasteiger partial charge in [0.1, 0.15) is 11.8 Å². The minimum atomic E-state index is 0.134. The molecule has 0 radical (unpaired) electrons. The lowest BCUT2D eigenvalue weighted by Gasteiger charge is -2.40. The van der Waals surface area contributed by atoms with Gasteiger partial charge in [0.2, 0.25) is 5.95 Å². The van der Waals surface area contributed by atoms with Crippen LogP contribution in [0.15, 0.2) is 43.0 Å². The van der Waals surface area contributed by atoms with Crippen molar-refractivity contribution in [1.29, 1.82) is 5.26 Å². The van der Waals surface area contributed by atoms with E-state index in [4.69, 9.17) is 14.7 Å². The van der Waals surface area contributed by atoms with Crippen LogP contribution in [0.4, 0.5) is 23.1 Å². The number of imidazole rings is 1. The monoisotopic (exact) mass is 456 g/mol. The average molecular weight is 457 g/mol. The Labute approximate surface area is 199 Å². The Morgan fingerprint density at radius 1 is 1.32 bits per heavy atom. The third-order valence-electron chi connectivity index (χ3n) is 6.65. The van der Waals surface area contributed by atoms with E-state index in [1.807, 2.05) is 42.9 Å². The molecule has 2 unspecified atom stereocenters. The molecule has 2 aliphatic heterocycles. The van der Waals surface area contributed by atoms with Gasteiger partial charge < -0.3 is 24.4 Å². The number of hydrogen-bond acceptors (Lipinski definition) is 8. The van der Waals surface area contributed by atoms with Gasteiger partial charge in [0.15, 0.2) is 5.82 Å². The largest absolute Gasteiger partial charge is 0.380 e. The Morgan fingerprint density at radius 3 is 2.82 bits per heavy atom. The first-order chi connectivity index (χ1) is 16.4. The van der Waals surface area contributed by atoms with Crippen molar-refractivity contribution in [3.05, 3.63) is 60.0 Å². The van der Waals surface area contributed by atoms with Gasteiger partial charge in [-0.2, -0.15) is 10.2 Å². The third-order valence-corrected chi connectivity index (χ3v) is 6.65. The molecule has 34 heavy (non-hydrogen) atoms. The highest BCUT2D eigenvalue weighted by Gasteiger charge is 2.42. The van der Waals surface area contributed by atoms with Crippen molar-refractivity contribution in [2.75, 3.05) is 35.8 Å². The van der Waals surface area contributed by atoms with E-state index in [0.29, 0.717) is 11.5 Å².